The van der Waals surface area contributed by atoms with Gasteiger partial charge in [-0.15, -0.1) is 0 Å². The summed E-state index contributed by atoms with van der Waals surface area (Å²) in [5.74, 6) is -0.659. The lowest BCUT2D eigenvalue weighted by Gasteiger charge is -2.28. The first-order valence-electron chi connectivity index (χ1n) is 15.5. The average molecular weight is 682 g/mol. The summed E-state index contributed by atoms with van der Waals surface area (Å²) in [5.41, 5.74) is 4.44. The maximum Gasteiger partial charge on any atom is 0.283 e. The molecule has 1 aliphatic heterocycles. The quantitative estimate of drug-likeness (QED) is 0.211. The summed E-state index contributed by atoms with van der Waals surface area (Å²) in [6, 6.07) is 20.3. The molecule has 0 saturated carbocycles. The Morgan fingerprint density at radius 3 is 2.49 bits per heavy atom. The topological polar surface area (TPSA) is 136 Å². The highest BCUT2D eigenvalue weighted by Crippen LogP contribution is 2.45. The second-order valence-corrected chi connectivity index (χ2v) is 13.8. The van der Waals surface area contributed by atoms with Crippen molar-refractivity contribution in [2.45, 2.75) is 20.1 Å². The van der Waals surface area contributed by atoms with Crippen molar-refractivity contribution in [2.75, 3.05) is 31.2 Å². The van der Waals surface area contributed by atoms with Crippen LogP contribution in [0.3, 0.4) is 0 Å². The van der Waals surface area contributed by atoms with Gasteiger partial charge in [-0.3, -0.25) is 18.5 Å². The van der Waals surface area contributed by atoms with Gasteiger partial charge in [0.1, 0.15) is 22.9 Å². The zero-order chi connectivity index (χ0) is 34.8. The fourth-order valence-corrected chi connectivity index (χ4v) is 6.67. The Balaban J connectivity index is 1.49. The van der Waals surface area contributed by atoms with E-state index in [9.17, 15) is 18.0 Å². The lowest BCUT2D eigenvalue weighted by Crippen LogP contribution is -2.37. The Bertz CT molecular complexity index is 2430. The maximum absolute atomic E-state index is 15.1. The Morgan fingerprint density at radius 2 is 1.80 bits per heavy atom. The Hall–Kier alpha value is -5.69. The molecule has 0 radical (unpaired) electrons. The van der Waals surface area contributed by atoms with E-state index < -0.39 is 28.0 Å². The van der Waals surface area contributed by atoms with E-state index in [1.54, 1.807) is 54.0 Å². The molecule has 3 aromatic carbocycles. The van der Waals surface area contributed by atoms with Gasteiger partial charge in [-0.05, 0) is 50.2 Å². The molecule has 0 fully saturated rings. The summed E-state index contributed by atoms with van der Waals surface area (Å²) in [7, 11) is -0.836. The van der Waals surface area contributed by atoms with Crippen LogP contribution in [-0.4, -0.2) is 56.7 Å². The minimum Gasteiger partial charge on any atom is -0.458 e. The van der Waals surface area contributed by atoms with Crippen LogP contribution in [0.4, 0.5) is 10.1 Å². The first-order chi connectivity index (χ1) is 23.4. The molecule has 13 heteroatoms. The molecule has 0 aliphatic carbocycles. The highest BCUT2D eigenvalue weighted by atomic mass is 32.2. The van der Waals surface area contributed by atoms with Crippen LogP contribution in [0.15, 0.2) is 77.2 Å². The standard InChI is InChI=1S/C36H32FN5O6S/c1-6-39-35(44)36-42-26-9-7-8-24(37)21(26)17-28(42)32-29(48-36)15-14-25(40-32)22-16-23-30(18-27(22)41(4)49(5,45)46)47-33(31(23)34(43)38-3)20-12-10-19(2)11-13-20/h7-18,36H,6H2,1-5H3,(H,38,43)(H,39,44). The number of hydrogen-bond acceptors (Lipinski definition) is 7. The zero-order valence-corrected chi connectivity index (χ0v) is 28.1. The number of pyridine rings is 1. The molecule has 1 atom stereocenters. The first-order valence-corrected chi connectivity index (χ1v) is 17.3. The number of carbonyl (C=O) groups is 2. The van der Waals surface area contributed by atoms with E-state index in [4.69, 9.17) is 14.1 Å². The molecule has 6 aromatic rings. The molecule has 11 nitrogen and oxygen atoms in total. The van der Waals surface area contributed by atoms with Crippen LogP contribution in [0.5, 0.6) is 5.75 Å². The van der Waals surface area contributed by atoms with E-state index in [2.05, 4.69) is 10.6 Å². The number of amides is 2. The number of benzene rings is 3. The largest absolute Gasteiger partial charge is 0.458 e. The predicted octanol–water partition coefficient (Wildman–Crippen LogP) is 6.01. The van der Waals surface area contributed by atoms with Crippen molar-refractivity contribution in [3.63, 3.8) is 0 Å². The molecular formula is C36H32FN5O6S. The molecule has 7 rings (SSSR count). The molecule has 4 heterocycles. The molecule has 0 saturated heterocycles. The first kappa shape index (κ1) is 31.9. The number of hydrogen-bond donors (Lipinski definition) is 2. The van der Waals surface area contributed by atoms with Gasteiger partial charge in [-0.1, -0.05) is 35.9 Å². The zero-order valence-electron chi connectivity index (χ0n) is 27.3. The van der Waals surface area contributed by atoms with Crippen molar-refractivity contribution in [3.05, 3.63) is 89.7 Å². The van der Waals surface area contributed by atoms with Crippen LogP contribution >= 0.6 is 0 Å². The normalized spacial score (nSPS) is 13.9. The van der Waals surface area contributed by atoms with E-state index in [1.807, 2.05) is 31.2 Å². The molecule has 0 bridgehead atoms. The molecule has 250 valence electrons. The highest BCUT2D eigenvalue weighted by molar-refractivity contribution is 7.92. The third kappa shape index (κ3) is 5.26. The number of halogens is 1. The number of nitrogens with one attached hydrogen (secondary N) is 2. The van der Waals surface area contributed by atoms with Crippen molar-refractivity contribution in [3.8, 4) is 39.7 Å². The molecule has 1 aliphatic rings. The van der Waals surface area contributed by atoms with Crippen molar-refractivity contribution in [2.24, 2.45) is 0 Å². The van der Waals surface area contributed by atoms with Gasteiger partial charge in [0.15, 0.2) is 5.75 Å². The second-order valence-electron chi connectivity index (χ2n) is 11.8. The number of carbonyl (C=O) groups excluding carboxylic acids is 2. The van der Waals surface area contributed by atoms with Crippen LogP contribution in [-0.2, 0) is 14.8 Å². The van der Waals surface area contributed by atoms with E-state index in [1.165, 1.54) is 20.2 Å². The molecule has 2 amide bonds. The van der Waals surface area contributed by atoms with E-state index >= 15 is 4.39 Å². The number of sulfonamides is 1. The van der Waals surface area contributed by atoms with Gasteiger partial charge in [-0.25, -0.2) is 17.8 Å². The predicted molar refractivity (Wildman–Crippen MR) is 185 cm³/mol. The summed E-state index contributed by atoms with van der Waals surface area (Å²) < 4.78 is 56.1. The number of fused-ring (bicyclic) bond motifs is 6. The second kappa shape index (κ2) is 11.8. The number of furan rings is 1. The van der Waals surface area contributed by atoms with Crippen LogP contribution in [0.2, 0.25) is 0 Å². The van der Waals surface area contributed by atoms with E-state index in [0.717, 1.165) is 16.1 Å². The number of rotatable bonds is 7. The smallest absolute Gasteiger partial charge is 0.283 e. The van der Waals surface area contributed by atoms with Gasteiger partial charge in [0.2, 0.25) is 10.0 Å². The Morgan fingerprint density at radius 1 is 1.04 bits per heavy atom. The van der Waals surface area contributed by atoms with Crippen LogP contribution < -0.4 is 19.7 Å². The Labute approximate surface area is 281 Å². The number of nitrogens with zero attached hydrogens (tertiary/aromatic N) is 3. The highest BCUT2D eigenvalue weighted by Gasteiger charge is 2.35. The van der Waals surface area contributed by atoms with E-state index in [-0.39, 0.29) is 28.3 Å². The van der Waals surface area contributed by atoms with Gasteiger partial charge < -0.3 is 19.8 Å². The lowest BCUT2D eigenvalue weighted by atomic mass is 10.00. The summed E-state index contributed by atoms with van der Waals surface area (Å²) in [4.78, 5) is 31.5. The summed E-state index contributed by atoms with van der Waals surface area (Å²) >= 11 is 0. The fraction of sp³-hybridized carbons (Fsp3) is 0.194. The summed E-state index contributed by atoms with van der Waals surface area (Å²) in [5, 5.41) is 6.19. The van der Waals surface area contributed by atoms with Crippen molar-refractivity contribution in [1.82, 2.24) is 20.2 Å². The minimum atomic E-state index is -3.78. The third-order valence-corrected chi connectivity index (χ3v) is 9.86. The number of likely N-dealkylation sites (N-methyl/N-ethyl adjacent to an activating group) is 1. The van der Waals surface area contributed by atoms with Gasteiger partial charge in [-0.2, -0.15) is 0 Å². The summed E-state index contributed by atoms with van der Waals surface area (Å²) in [6.45, 7) is 4.11. The SMILES string of the molecule is CCNC(=O)C1Oc2ccc(-c3cc4c(C(=O)NC)c(-c5ccc(C)cc5)oc4cc3N(C)S(C)(=O)=O)nc2-c2cc3c(F)cccc3n21. The van der Waals surface area contributed by atoms with Crippen LogP contribution in [0.1, 0.15) is 29.1 Å². The maximum atomic E-state index is 15.1. The van der Waals surface area contributed by atoms with Crippen LogP contribution in [0.25, 0.3) is 55.8 Å². The molecule has 2 N–H and O–H groups in total. The molecular weight excluding hydrogens is 649 g/mol. The van der Waals surface area contributed by atoms with Gasteiger partial charge in [0.05, 0.1) is 34.4 Å². The Kier molecular flexibility index (Phi) is 7.66. The van der Waals surface area contributed by atoms with Crippen LogP contribution in [0, 0.1) is 12.7 Å². The van der Waals surface area contributed by atoms with Crippen molar-refractivity contribution < 1.29 is 31.6 Å². The molecule has 1 unspecified atom stereocenters. The van der Waals surface area contributed by atoms with Crippen molar-refractivity contribution >= 4 is 49.4 Å². The fourth-order valence-electron chi connectivity index (χ4n) is 6.17. The van der Waals surface area contributed by atoms with Gasteiger partial charge >= 0.3 is 0 Å². The monoisotopic (exact) mass is 681 g/mol. The molecule has 3 aromatic heterocycles. The summed E-state index contributed by atoms with van der Waals surface area (Å²) in [6.07, 6.45) is -0.0433. The number of ether oxygens (including phenoxy) is 1. The van der Waals surface area contributed by atoms with Gasteiger partial charge in [0.25, 0.3) is 18.0 Å². The number of aromatic nitrogens is 2. The molecule has 49 heavy (non-hydrogen) atoms. The molecule has 0 spiro atoms. The lowest BCUT2D eigenvalue weighted by molar-refractivity contribution is -0.131. The average Bonchev–Trinajstić information content (AvgIpc) is 3.66. The minimum absolute atomic E-state index is 0.249. The van der Waals surface area contributed by atoms with E-state index in [0.29, 0.717) is 57.0 Å². The third-order valence-electron chi connectivity index (χ3n) is 8.67. The van der Waals surface area contributed by atoms with Gasteiger partial charge in [0, 0.05) is 48.6 Å². The van der Waals surface area contributed by atoms with Crippen molar-refractivity contribution in [1.29, 1.82) is 0 Å². The number of anilines is 1. The number of aryl methyl sites for hydroxylation is 1.